The van der Waals surface area contributed by atoms with E-state index in [-0.39, 0.29) is 24.1 Å². The Hall–Kier alpha value is -2.42. The number of nitrogens with zero attached hydrogens (tertiary/aromatic N) is 2. The van der Waals surface area contributed by atoms with E-state index in [1.54, 1.807) is 12.0 Å². The van der Waals surface area contributed by atoms with Crippen molar-refractivity contribution in [1.82, 2.24) is 14.5 Å². The van der Waals surface area contributed by atoms with E-state index in [9.17, 15) is 13.2 Å². The first-order valence-electron chi connectivity index (χ1n) is 11.5. The molecule has 1 aliphatic heterocycles. The number of rotatable bonds is 11. The maximum atomic E-state index is 13.2. The molecule has 0 saturated carbocycles. The zero-order chi connectivity index (χ0) is 23.7. The summed E-state index contributed by atoms with van der Waals surface area (Å²) in [5.41, 5.74) is 2.18. The van der Waals surface area contributed by atoms with E-state index in [4.69, 9.17) is 4.74 Å². The highest BCUT2D eigenvalue weighted by molar-refractivity contribution is 7.89. The van der Waals surface area contributed by atoms with E-state index in [0.29, 0.717) is 45.6 Å². The number of methoxy groups -OCH3 is 1. The van der Waals surface area contributed by atoms with Gasteiger partial charge in [-0.25, -0.2) is 8.42 Å². The fourth-order valence-electron chi connectivity index (χ4n) is 4.01. The SMILES string of the molecule is COc1ccc(CCC(=O)N(CCS(=O)(=O)N2CCNCC2)CC(C)c2ccccc2)cc1. The molecular weight excluding hydrogens is 438 g/mol. The Bertz CT molecular complexity index is 974. The van der Waals surface area contributed by atoms with Crippen LogP contribution in [0.1, 0.15) is 30.4 Å². The summed E-state index contributed by atoms with van der Waals surface area (Å²) < 4.78 is 32.4. The first-order valence-corrected chi connectivity index (χ1v) is 13.1. The number of nitrogens with one attached hydrogen (secondary N) is 1. The Morgan fingerprint density at radius 3 is 2.39 bits per heavy atom. The Kier molecular flexibility index (Phi) is 9.29. The van der Waals surface area contributed by atoms with Crippen molar-refractivity contribution in [3.63, 3.8) is 0 Å². The Morgan fingerprint density at radius 1 is 1.09 bits per heavy atom. The monoisotopic (exact) mass is 473 g/mol. The highest BCUT2D eigenvalue weighted by Crippen LogP contribution is 2.18. The van der Waals surface area contributed by atoms with Crippen molar-refractivity contribution in [3.05, 3.63) is 65.7 Å². The van der Waals surface area contributed by atoms with Crippen molar-refractivity contribution in [2.24, 2.45) is 0 Å². The molecule has 1 atom stereocenters. The Balaban J connectivity index is 1.66. The summed E-state index contributed by atoms with van der Waals surface area (Å²) in [6, 6.07) is 17.7. The smallest absolute Gasteiger partial charge is 0.222 e. The van der Waals surface area contributed by atoms with Crippen LogP contribution in [-0.2, 0) is 21.2 Å². The molecule has 0 aliphatic carbocycles. The van der Waals surface area contributed by atoms with Crippen molar-refractivity contribution in [2.75, 3.05) is 52.1 Å². The van der Waals surface area contributed by atoms with Crippen molar-refractivity contribution >= 4 is 15.9 Å². The summed E-state index contributed by atoms with van der Waals surface area (Å²) in [6.07, 6.45) is 0.936. The average molecular weight is 474 g/mol. The number of piperazine rings is 1. The minimum absolute atomic E-state index is 0.0240. The van der Waals surface area contributed by atoms with Gasteiger partial charge < -0.3 is 15.0 Å². The summed E-state index contributed by atoms with van der Waals surface area (Å²) >= 11 is 0. The van der Waals surface area contributed by atoms with Crippen molar-refractivity contribution in [2.45, 2.75) is 25.7 Å². The molecule has 180 valence electrons. The number of benzene rings is 2. The molecule has 1 heterocycles. The van der Waals surface area contributed by atoms with Crippen LogP contribution in [-0.4, -0.2) is 75.7 Å². The first-order chi connectivity index (χ1) is 15.9. The minimum atomic E-state index is -3.40. The van der Waals surface area contributed by atoms with Gasteiger partial charge in [0, 0.05) is 45.7 Å². The van der Waals surface area contributed by atoms with E-state index in [0.717, 1.165) is 16.9 Å². The van der Waals surface area contributed by atoms with Gasteiger partial charge in [0.2, 0.25) is 15.9 Å². The molecule has 8 heteroatoms. The number of ether oxygens (including phenoxy) is 1. The largest absolute Gasteiger partial charge is 0.497 e. The number of amides is 1. The fraction of sp³-hybridized carbons (Fsp3) is 0.480. The number of hydrogen-bond donors (Lipinski definition) is 1. The second kappa shape index (κ2) is 12.2. The van der Waals surface area contributed by atoms with Crippen LogP contribution in [0.15, 0.2) is 54.6 Å². The van der Waals surface area contributed by atoms with Gasteiger partial charge in [-0.15, -0.1) is 0 Å². The third-order valence-corrected chi connectivity index (χ3v) is 7.94. The maximum absolute atomic E-state index is 13.2. The molecule has 1 N–H and O–H groups in total. The van der Waals surface area contributed by atoms with Gasteiger partial charge in [0.1, 0.15) is 5.75 Å². The van der Waals surface area contributed by atoms with E-state index < -0.39 is 10.0 Å². The van der Waals surface area contributed by atoms with Gasteiger partial charge in [-0.05, 0) is 35.6 Å². The molecule has 33 heavy (non-hydrogen) atoms. The second-order valence-corrected chi connectivity index (χ2v) is 10.6. The van der Waals surface area contributed by atoms with Crippen LogP contribution in [0.2, 0.25) is 0 Å². The third-order valence-electron chi connectivity index (χ3n) is 6.09. The van der Waals surface area contributed by atoms with Crippen molar-refractivity contribution in [3.8, 4) is 5.75 Å². The zero-order valence-electron chi connectivity index (χ0n) is 19.6. The van der Waals surface area contributed by atoms with Gasteiger partial charge in [-0.2, -0.15) is 4.31 Å². The van der Waals surface area contributed by atoms with E-state index in [1.165, 1.54) is 4.31 Å². The minimum Gasteiger partial charge on any atom is -0.497 e. The van der Waals surface area contributed by atoms with Gasteiger partial charge in [0.25, 0.3) is 0 Å². The molecule has 1 aliphatic rings. The van der Waals surface area contributed by atoms with Gasteiger partial charge in [0.15, 0.2) is 0 Å². The van der Waals surface area contributed by atoms with Gasteiger partial charge in [-0.1, -0.05) is 49.4 Å². The summed E-state index contributed by atoms with van der Waals surface area (Å²) in [4.78, 5) is 14.9. The lowest BCUT2D eigenvalue weighted by molar-refractivity contribution is -0.131. The molecule has 1 saturated heterocycles. The molecule has 2 aromatic rings. The Labute approximate surface area is 197 Å². The highest BCUT2D eigenvalue weighted by Gasteiger charge is 2.26. The number of carbonyl (C=O) groups excluding carboxylic acids is 1. The van der Waals surface area contributed by atoms with Crippen LogP contribution in [0.4, 0.5) is 0 Å². The van der Waals surface area contributed by atoms with Gasteiger partial charge in [-0.3, -0.25) is 4.79 Å². The maximum Gasteiger partial charge on any atom is 0.222 e. The third kappa shape index (κ3) is 7.55. The molecule has 0 spiro atoms. The predicted octanol–water partition coefficient (Wildman–Crippen LogP) is 2.50. The lowest BCUT2D eigenvalue weighted by Crippen LogP contribution is -2.48. The number of carbonyl (C=O) groups is 1. The summed E-state index contributed by atoms with van der Waals surface area (Å²) in [6.45, 7) is 5.04. The average Bonchev–Trinajstić information content (AvgIpc) is 2.86. The molecule has 2 aromatic carbocycles. The molecule has 0 radical (unpaired) electrons. The summed E-state index contributed by atoms with van der Waals surface area (Å²) in [7, 11) is -1.78. The molecule has 7 nitrogen and oxygen atoms in total. The van der Waals surface area contributed by atoms with Gasteiger partial charge in [0.05, 0.1) is 12.9 Å². The van der Waals surface area contributed by atoms with Crippen LogP contribution < -0.4 is 10.1 Å². The molecule has 0 aromatic heterocycles. The fourth-order valence-corrected chi connectivity index (χ4v) is 5.46. The Morgan fingerprint density at radius 2 is 1.76 bits per heavy atom. The van der Waals surface area contributed by atoms with Crippen molar-refractivity contribution < 1.29 is 17.9 Å². The van der Waals surface area contributed by atoms with Gasteiger partial charge >= 0.3 is 0 Å². The zero-order valence-corrected chi connectivity index (χ0v) is 20.4. The predicted molar refractivity (Wildman–Crippen MR) is 131 cm³/mol. The van der Waals surface area contributed by atoms with E-state index >= 15 is 0 Å². The van der Waals surface area contributed by atoms with Crippen LogP contribution in [0.5, 0.6) is 5.75 Å². The molecule has 3 rings (SSSR count). The normalized spacial score (nSPS) is 15.7. The molecule has 0 bridgehead atoms. The second-order valence-electron chi connectivity index (χ2n) is 8.46. The number of hydrogen-bond acceptors (Lipinski definition) is 5. The number of sulfonamides is 1. The molecular formula is C25H35N3O4S. The first kappa shape index (κ1) is 25.2. The van der Waals surface area contributed by atoms with Crippen LogP contribution in [0.25, 0.3) is 0 Å². The highest BCUT2D eigenvalue weighted by atomic mass is 32.2. The van der Waals surface area contributed by atoms with Crippen molar-refractivity contribution in [1.29, 1.82) is 0 Å². The molecule has 1 unspecified atom stereocenters. The molecule has 1 fully saturated rings. The van der Waals surface area contributed by atoms with Crippen LogP contribution in [0, 0.1) is 0 Å². The molecule has 1 amide bonds. The summed E-state index contributed by atoms with van der Waals surface area (Å²) in [5.74, 6) is 0.812. The van der Waals surface area contributed by atoms with E-state index in [2.05, 4.69) is 12.2 Å². The number of aryl methyl sites for hydroxylation is 1. The van der Waals surface area contributed by atoms with Crippen LogP contribution in [0.3, 0.4) is 0 Å². The quantitative estimate of drug-likeness (QED) is 0.543. The van der Waals surface area contributed by atoms with E-state index in [1.807, 2.05) is 54.6 Å². The standard InChI is InChI=1S/C25H35N3O4S/c1-21(23-6-4-3-5-7-23)20-27(18-19-33(30,31)28-16-14-26-15-17-28)25(29)13-10-22-8-11-24(32-2)12-9-22/h3-9,11-12,21,26H,10,13-20H2,1-2H3. The summed E-state index contributed by atoms with van der Waals surface area (Å²) in [5, 5.41) is 3.18. The lowest BCUT2D eigenvalue weighted by atomic mass is 10.0. The lowest BCUT2D eigenvalue weighted by Gasteiger charge is -2.30. The van der Waals surface area contributed by atoms with Crippen LogP contribution >= 0.6 is 0 Å². The topological polar surface area (TPSA) is 79.0 Å².